The first-order chi connectivity index (χ1) is 7.76. The number of aliphatic hydroxyl groups is 1. The second kappa shape index (κ2) is 5.29. The summed E-state index contributed by atoms with van der Waals surface area (Å²) in [7, 11) is -1.70. The predicted octanol–water partition coefficient (Wildman–Crippen LogP) is 3.10. The maximum atomic E-state index is 9.02. The minimum absolute atomic E-state index is 0.0199. The highest BCUT2D eigenvalue weighted by atomic mass is 28.4. The molecule has 1 N–H and O–H groups in total. The van der Waals surface area contributed by atoms with Crippen molar-refractivity contribution >= 4 is 8.32 Å². The van der Waals surface area contributed by atoms with Gasteiger partial charge in [-0.05, 0) is 35.8 Å². The zero-order chi connectivity index (χ0) is 13.1. The number of hydrogen-bond acceptors (Lipinski definition) is 3. The van der Waals surface area contributed by atoms with Crippen LogP contribution in [0, 0.1) is 0 Å². The Morgan fingerprint density at radius 2 is 2.00 bits per heavy atom. The third-order valence-corrected chi connectivity index (χ3v) is 7.93. The van der Waals surface area contributed by atoms with Crippen LogP contribution < -0.4 is 0 Å². The monoisotopic (exact) mass is 253 g/mol. The average molecular weight is 253 g/mol. The number of aliphatic hydroxyl groups excluding tert-OH is 1. The summed E-state index contributed by atoms with van der Waals surface area (Å²) >= 11 is 0. The van der Waals surface area contributed by atoms with E-state index in [4.69, 9.17) is 9.53 Å². The Hall–Kier alpha value is -0.713. The molecule has 1 aromatic rings. The summed E-state index contributed by atoms with van der Waals surface area (Å²) in [4.78, 5) is 4.06. The number of nitrogens with zero attached hydrogens (tertiary/aromatic N) is 1. The van der Waals surface area contributed by atoms with E-state index in [0.29, 0.717) is 12.3 Å². The average Bonchev–Trinajstić information content (AvgIpc) is 2.25. The second-order valence-electron chi connectivity index (χ2n) is 5.86. The summed E-state index contributed by atoms with van der Waals surface area (Å²) in [5.41, 5.74) is 1.77. The van der Waals surface area contributed by atoms with Gasteiger partial charge in [0.15, 0.2) is 8.32 Å². The van der Waals surface area contributed by atoms with Gasteiger partial charge in [-0.3, -0.25) is 4.98 Å². The number of hydrogen-bond donors (Lipinski definition) is 1. The summed E-state index contributed by atoms with van der Waals surface area (Å²) in [5.74, 6) is 0. The van der Waals surface area contributed by atoms with Crippen LogP contribution in [0.4, 0.5) is 0 Å². The fourth-order valence-corrected chi connectivity index (χ4v) is 2.15. The molecule has 0 aliphatic heterocycles. The predicted molar refractivity (Wildman–Crippen MR) is 72.1 cm³/mol. The van der Waals surface area contributed by atoms with Gasteiger partial charge in [0.25, 0.3) is 0 Å². The highest BCUT2D eigenvalue weighted by molar-refractivity contribution is 6.74. The van der Waals surface area contributed by atoms with Crippen molar-refractivity contribution in [3.05, 3.63) is 29.6 Å². The van der Waals surface area contributed by atoms with Crippen LogP contribution in [0.2, 0.25) is 18.1 Å². The minimum atomic E-state index is -1.70. The van der Waals surface area contributed by atoms with Gasteiger partial charge in [-0.15, -0.1) is 0 Å². The Morgan fingerprint density at radius 1 is 1.35 bits per heavy atom. The molecule has 96 valence electrons. The van der Waals surface area contributed by atoms with Gasteiger partial charge in [0.2, 0.25) is 0 Å². The lowest BCUT2D eigenvalue weighted by Crippen LogP contribution is -2.40. The quantitative estimate of drug-likeness (QED) is 0.838. The lowest BCUT2D eigenvalue weighted by molar-refractivity contribution is 0.270. The molecule has 0 saturated carbocycles. The van der Waals surface area contributed by atoms with Gasteiger partial charge in [-0.25, -0.2) is 0 Å². The molecule has 1 aromatic heterocycles. The van der Waals surface area contributed by atoms with E-state index < -0.39 is 8.32 Å². The van der Waals surface area contributed by atoms with Crippen LogP contribution in [0.1, 0.15) is 32.0 Å². The summed E-state index contributed by atoms with van der Waals surface area (Å²) in [6.07, 6.45) is 1.72. The van der Waals surface area contributed by atoms with Gasteiger partial charge < -0.3 is 9.53 Å². The third kappa shape index (κ3) is 3.91. The molecule has 0 saturated heterocycles. The highest BCUT2D eigenvalue weighted by Gasteiger charge is 2.36. The summed E-state index contributed by atoms with van der Waals surface area (Å²) in [5, 5.41) is 9.25. The standard InChI is InChI=1S/C13H23NO2Si/c1-13(2,3)17(4,5)16-10-11-6-7-14-12(8-11)9-15/h6-8,15H,9-10H2,1-5H3. The first-order valence-corrected chi connectivity index (χ1v) is 8.86. The minimum Gasteiger partial charge on any atom is -0.413 e. The van der Waals surface area contributed by atoms with Gasteiger partial charge >= 0.3 is 0 Å². The van der Waals surface area contributed by atoms with Crippen molar-refractivity contribution in [2.24, 2.45) is 0 Å². The molecule has 0 aromatic carbocycles. The van der Waals surface area contributed by atoms with Crippen LogP contribution >= 0.6 is 0 Å². The molecule has 0 aliphatic rings. The van der Waals surface area contributed by atoms with Gasteiger partial charge in [0.05, 0.1) is 18.9 Å². The smallest absolute Gasteiger partial charge is 0.192 e. The van der Waals surface area contributed by atoms with E-state index in [1.54, 1.807) is 6.20 Å². The Balaban J connectivity index is 2.67. The van der Waals surface area contributed by atoms with Crippen molar-refractivity contribution in [3.8, 4) is 0 Å². The molecule has 0 unspecified atom stereocenters. The molecule has 0 aliphatic carbocycles. The Labute approximate surface area is 105 Å². The molecular formula is C13H23NO2Si. The largest absolute Gasteiger partial charge is 0.413 e. The van der Waals surface area contributed by atoms with Gasteiger partial charge in [0.1, 0.15) is 0 Å². The van der Waals surface area contributed by atoms with Crippen LogP contribution in [0.15, 0.2) is 18.3 Å². The van der Waals surface area contributed by atoms with Crippen molar-refractivity contribution in [1.82, 2.24) is 4.98 Å². The fourth-order valence-electron chi connectivity index (χ4n) is 1.18. The molecule has 0 fully saturated rings. The van der Waals surface area contributed by atoms with E-state index >= 15 is 0 Å². The van der Waals surface area contributed by atoms with E-state index in [9.17, 15) is 0 Å². The van der Waals surface area contributed by atoms with E-state index in [1.165, 1.54) is 0 Å². The second-order valence-corrected chi connectivity index (χ2v) is 10.7. The fraction of sp³-hybridized carbons (Fsp3) is 0.615. The van der Waals surface area contributed by atoms with Crippen LogP contribution in [0.5, 0.6) is 0 Å². The number of pyridine rings is 1. The Bertz CT molecular complexity index is 372. The third-order valence-electron chi connectivity index (χ3n) is 3.45. The van der Waals surface area contributed by atoms with Crippen molar-refractivity contribution in [1.29, 1.82) is 0 Å². The van der Waals surface area contributed by atoms with Gasteiger partial charge in [0, 0.05) is 6.20 Å². The maximum Gasteiger partial charge on any atom is 0.192 e. The number of aromatic nitrogens is 1. The molecular weight excluding hydrogens is 230 g/mol. The number of rotatable bonds is 4. The summed E-state index contributed by atoms with van der Waals surface area (Å²) < 4.78 is 6.11. The van der Waals surface area contributed by atoms with E-state index in [2.05, 4.69) is 38.8 Å². The first-order valence-electron chi connectivity index (χ1n) is 5.95. The molecule has 0 spiro atoms. The molecule has 0 atom stereocenters. The Kier molecular flexibility index (Phi) is 4.46. The Morgan fingerprint density at radius 3 is 2.53 bits per heavy atom. The molecule has 0 radical (unpaired) electrons. The van der Waals surface area contributed by atoms with E-state index in [1.807, 2.05) is 12.1 Å². The zero-order valence-corrected chi connectivity index (χ0v) is 12.4. The van der Waals surface area contributed by atoms with Crippen LogP contribution in [0.3, 0.4) is 0 Å². The molecule has 17 heavy (non-hydrogen) atoms. The van der Waals surface area contributed by atoms with Crippen LogP contribution in [-0.4, -0.2) is 18.4 Å². The van der Waals surface area contributed by atoms with Crippen molar-refractivity contribution in [3.63, 3.8) is 0 Å². The van der Waals surface area contributed by atoms with Crippen molar-refractivity contribution in [2.45, 2.75) is 52.1 Å². The molecule has 1 rings (SSSR count). The zero-order valence-electron chi connectivity index (χ0n) is 11.4. The van der Waals surface area contributed by atoms with Crippen LogP contribution in [-0.2, 0) is 17.6 Å². The summed E-state index contributed by atoms with van der Waals surface area (Å²) in [6.45, 7) is 11.7. The van der Waals surface area contributed by atoms with E-state index in [-0.39, 0.29) is 11.6 Å². The topological polar surface area (TPSA) is 42.4 Å². The van der Waals surface area contributed by atoms with Gasteiger partial charge in [-0.2, -0.15) is 0 Å². The summed E-state index contributed by atoms with van der Waals surface area (Å²) in [6, 6.07) is 3.83. The van der Waals surface area contributed by atoms with E-state index in [0.717, 1.165) is 5.56 Å². The van der Waals surface area contributed by atoms with Crippen LogP contribution in [0.25, 0.3) is 0 Å². The maximum absolute atomic E-state index is 9.02. The lowest BCUT2D eigenvalue weighted by Gasteiger charge is -2.36. The lowest BCUT2D eigenvalue weighted by atomic mass is 10.2. The van der Waals surface area contributed by atoms with Crippen molar-refractivity contribution in [2.75, 3.05) is 0 Å². The molecule has 0 bridgehead atoms. The highest BCUT2D eigenvalue weighted by Crippen LogP contribution is 2.37. The normalized spacial score (nSPS) is 12.8. The van der Waals surface area contributed by atoms with Gasteiger partial charge in [-0.1, -0.05) is 20.8 Å². The SMILES string of the molecule is CC(C)(C)[Si](C)(C)OCc1ccnc(CO)c1. The molecule has 0 amide bonds. The molecule has 1 heterocycles. The molecule has 3 nitrogen and oxygen atoms in total. The first kappa shape index (κ1) is 14.3. The van der Waals surface area contributed by atoms with Crippen molar-refractivity contribution < 1.29 is 9.53 Å². The molecule has 4 heteroatoms.